The number of hydrogen-bond donors (Lipinski definition) is 0. The molecule has 2 aromatic carbocycles. The standard InChI is InChI=1S/C16H14O6S2/c17-23(18)11-10-15(12-23)22-24(19,20)16-8-6-14(7-9-16)21-13-4-2-1-3-5-13/h1-11,15H,12H2. The number of sulfone groups is 1. The highest BCUT2D eigenvalue weighted by Crippen LogP contribution is 2.24. The third-order valence-electron chi connectivity index (χ3n) is 3.24. The second kappa shape index (κ2) is 6.39. The summed E-state index contributed by atoms with van der Waals surface area (Å²) in [5.74, 6) is 0.732. The SMILES string of the molecule is O=S1(=O)C=CC(OS(=O)(=O)c2ccc(Oc3ccccc3)cc2)C1. The maximum Gasteiger partial charge on any atom is 0.297 e. The molecule has 8 heteroatoms. The molecule has 1 aliphatic heterocycles. The summed E-state index contributed by atoms with van der Waals surface area (Å²) >= 11 is 0. The summed E-state index contributed by atoms with van der Waals surface area (Å²) in [6, 6.07) is 14.8. The zero-order valence-corrected chi connectivity index (χ0v) is 14.0. The van der Waals surface area contributed by atoms with Crippen molar-refractivity contribution in [2.75, 3.05) is 5.75 Å². The Balaban J connectivity index is 1.71. The molecule has 1 heterocycles. The van der Waals surface area contributed by atoms with Crippen molar-refractivity contribution >= 4 is 20.0 Å². The number of benzene rings is 2. The molecule has 24 heavy (non-hydrogen) atoms. The van der Waals surface area contributed by atoms with E-state index in [0.717, 1.165) is 5.41 Å². The van der Waals surface area contributed by atoms with Crippen LogP contribution in [0.2, 0.25) is 0 Å². The molecule has 3 rings (SSSR count). The van der Waals surface area contributed by atoms with Crippen molar-refractivity contribution in [3.63, 3.8) is 0 Å². The smallest absolute Gasteiger partial charge is 0.297 e. The van der Waals surface area contributed by atoms with Gasteiger partial charge in [-0.15, -0.1) is 0 Å². The topological polar surface area (TPSA) is 86.7 Å². The Morgan fingerprint density at radius 1 is 0.917 bits per heavy atom. The highest BCUT2D eigenvalue weighted by Gasteiger charge is 2.28. The van der Waals surface area contributed by atoms with Crippen LogP contribution >= 0.6 is 0 Å². The first-order valence-electron chi connectivity index (χ1n) is 7.01. The van der Waals surface area contributed by atoms with Gasteiger partial charge in [-0.2, -0.15) is 8.42 Å². The van der Waals surface area contributed by atoms with E-state index in [0.29, 0.717) is 11.5 Å². The third kappa shape index (κ3) is 4.02. The Kier molecular flexibility index (Phi) is 4.44. The Bertz CT molecular complexity index is 945. The quantitative estimate of drug-likeness (QED) is 0.756. The molecule has 0 N–H and O–H groups in total. The molecule has 0 aromatic heterocycles. The predicted octanol–water partition coefficient (Wildman–Crippen LogP) is 2.49. The molecule has 0 saturated carbocycles. The molecular weight excluding hydrogens is 352 g/mol. The molecule has 0 amide bonds. The van der Waals surface area contributed by atoms with E-state index in [1.165, 1.54) is 30.3 Å². The van der Waals surface area contributed by atoms with Crippen LogP contribution in [0.4, 0.5) is 0 Å². The molecule has 6 nitrogen and oxygen atoms in total. The van der Waals surface area contributed by atoms with Crippen molar-refractivity contribution in [1.82, 2.24) is 0 Å². The van der Waals surface area contributed by atoms with Crippen LogP contribution in [0.3, 0.4) is 0 Å². The molecule has 2 aromatic rings. The van der Waals surface area contributed by atoms with E-state index >= 15 is 0 Å². The van der Waals surface area contributed by atoms with Crippen LogP contribution in [0.15, 0.2) is 71.0 Å². The van der Waals surface area contributed by atoms with Crippen molar-refractivity contribution in [1.29, 1.82) is 0 Å². The molecule has 0 radical (unpaired) electrons. The van der Waals surface area contributed by atoms with Crippen LogP contribution in [0.25, 0.3) is 0 Å². The second-order valence-electron chi connectivity index (χ2n) is 5.13. The van der Waals surface area contributed by atoms with Gasteiger partial charge in [0.25, 0.3) is 10.1 Å². The van der Waals surface area contributed by atoms with Gasteiger partial charge in [0.05, 0.1) is 10.6 Å². The summed E-state index contributed by atoms with van der Waals surface area (Å²) in [7, 11) is -7.44. The van der Waals surface area contributed by atoms with Crippen LogP contribution in [0, 0.1) is 0 Å². The van der Waals surface area contributed by atoms with Crippen molar-refractivity contribution in [3.8, 4) is 11.5 Å². The molecule has 0 bridgehead atoms. The molecule has 0 fully saturated rings. The van der Waals surface area contributed by atoms with Gasteiger partial charge in [-0.3, -0.25) is 4.18 Å². The molecule has 0 saturated heterocycles. The Labute approximate surface area is 140 Å². The van der Waals surface area contributed by atoms with Gasteiger partial charge >= 0.3 is 0 Å². The van der Waals surface area contributed by atoms with Crippen LogP contribution in [0.1, 0.15) is 0 Å². The van der Waals surface area contributed by atoms with E-state index in [4.69, 9.17) is 8.92 Å². The lowest BCUT2D eigenvalue weighted by atomic mass is 10.3. The van der Waals surface area contributed by atoms with Crippen LogP contribution in [-0.2, 0) is 24.1 Å². The first kappa shape index (κ1) is 16.7. The summed E-state index contributed by atoms with van der Waals surface area (Å²) in [5, 5.41) is 0.962. The maximum absolute atomic E-state index is 12.2. The molecule has 0 aliphatic carbocycles. The Hall–Kier alpha value is -2.16. The summed E-state index contributed by atoms with van der Waals surface area (Å²) in [6.07, 6.45) is 0.222. The fourth-order valence-electron chi connectivity index (χ4n) is 2.12. The fourth-order valence-corrected chi connectivity index (χ4v) is 4.41. The highest BCUT2D eigenvalue weighted by molar-refractivity contribution is 7.94. The van der Waals surface area contributed by atoms with Crippen molar-refractivity contribution in [3.05, 3.63) is 66.1 Å². The Morgan fingerprint density at radius 2 is 1.54 bits per heavy atom. The van der Waals surface area contributed by atoms with Crippen molar-refractivity contribution < 1.29 is 25.8 Å². The van der Waals surface area contributed by atoms with Gasteiger partial charge in [-0.1, -0.05) is 18.2 Å². The molecule has 1 unspecified atom stereocenters. The zero-order chi connectivity index (χ0) is 17.2. The minimum absolute atomic E-state index is 0.0689. The predicted molar refractivity (Wildman–Crippen MR) is 87.9 cm³/mol. The summed E-state index contributed by atoms with van der Waals surface area (Å²) in [6.45, 7) is 0. The van der Waals surface area contributed by atoms with E-state index < -0.39 is 26.1 Å². The summed E-state index contributed by atoms with van der Waals surface area (Å²) in [4.78, 5) is -0.0689. The summed E-state index contributed by atoms with van der Waals surface area (Å²) < 4.78 is 57.5. The minimum Gasteiger partial charge on any atom is -0.457 e. The van der Waals surface area contributed by atoms with Gasteiger partial charge in [0.2, 0.25) is 0 Å². The van der Waals surface area contributed by atoms with E-state index in [-0.39, 0.29) is 10.6 Å². The average Bonchev–Trinajstić information content (AvgIpc) is 2.87. The van der Waals surface area contributed by atoms with Gasteiger partial charge in [-0.25, -0.2) is 8.42 Å². The van der Waals surface area contributed by atoms with Gasteiger partial charge < -0.3 is 4.74 Å². The maximum atomic E-state index is 12.2. The molecule has 1 atom stereocenters. The van der Waals surface area contributed by atoms with Crippen LogP contribution < -0.4 is 4.74 Å². The average molecular weight is 366 g/mol. The highest BCUT2D eigenvalue weighted by atomic mass is 32.2. The first-order chi connectivity index (χ1) is 11.3. The third-order valence-corrected chi connectivity index (χ3v) is 5.95. The number of rotatable bonds is 5. The molecule has 1 aliphatic rings. The molecular formula is C16H14O6S2. The van der Waals surface area contributed by atoms with Gasteiger partial charge in [0, 0.05) is 5.41 Å². The van der Waals surface area contributed by atoms with Gasteiger partial charge in [0.1, 0.15) is 17.6 Å². The van der Waals surface area contributed by atoms with E-state index in [1.54, 1.807) is 12.1 Å². The first-order valence-corrected chi connectivity index (χ1v) is 10.1. The van der Waals surface area contributed by atoms with Crippen molar-refractivity contribution in [2.24, 2.45) is 0 Å². The normalized spacial score (nSPS) is 19.2. The summed E-state index contributed by atoms with van der Waals surface area (Å²) in [5.41, 5.74) is 0. The van der Waals surface area contributed by atoms with Gasteiger partial charge in [0.15, 0.2) is 9.84 Å². The van der Waals surface area contributed by atoms with Crippen LogP contribution in [0.5, 0.6) is 11.5 Å². The molecule has 126 valence electrons. The zero-order valence-electron chi connectivity index (χ0n) is 12.4. The van der Waals surface area contributed by atoms with Crippen LogP contribution in [-0.4, -0.2) is 28.7 Å². The van der Waals surface area contributed by atoms with E-state index in [9.17, 15) is 16.8 Å². The number of hydrogen-bond acceptors (Lipinski definition) is 6. The van der Waals surface area contributed by atoms with E-state index in [1.807, 2.05) is 18.2 Å². The lowest BCUT2D eigenvalue weighted by molar-refractivity contribution is 0.279. The fraction of sp³-hybridized carbons (Fsp3) is 0.125. The number of ether oxygens (including phenoxy) is 1. The lowest BCUT2D eigenvalue weighted by Crippen LogP contribution is -2.20. The number of para-hydroxylation sites is 1. The minimum atomic E-state index is -4.05. The lowest BCUT2D eigenvalue weighted by Gasteiger charge is -2.10. The monoisotopic (exact) mass is 366 g/mol. The van der Waals surface area contributed by atoms with Gasteiger partial charge in [-0.05, 0) is 42.5 Å². The van der Waals surface area contributed by atoms with E-state index in [2.05, 4.69) is 0 Å². The largest absolute Gasteiger partial charge is 0.457 e. The second-order valence-corrected chi connectivity index (χ2v) is 8.64. The molecule has 0 spiro atoms. The Morgan fingerprint density at radius 3 is 2.12 bits per heavy atom. The van der Waals surface area contributed by atoms with Crippen molar-refractivity contribution in [2.45, 2.75) is 11.0 Å².